The third kappa shape index (κ3) is 17.0. The molecule has 0 spiro atoms. The van der Waals surface area contributed by atoms with Crippen LogP contribution < -0.4 is 10.6 Å². The lowest BCUT2D eigenvalue weighted by Gasteiger charge is -2.38. The highest BCUT2D eigenvalue weighted by Crippen LogP contribution is 2.35. The largest absolute Gasteiger partial charge is 0.481 e. The van der Waals surface area contributed by atoms with E-state index in [2.05, 4.69) is 20.5 Å². The van der Waals surface area contributed by atoms with Gasteiger partial charge in [0.05, 0.1) is 18.0 Å². The van der Waals surface area contributed by atoms with Crippen LogP contribution in [0.2, 0.25) is 0 Å². The molecule has 72 heavy (non-hydrogen) atoms. The fraction of sp³-hybridized carbons (Fsp3) is 0.630. The van der Waals surface area contributed by atoms with Gasteiger partial charge in [-0.3, -0.25) is 53.0 Å². The molecule has 0 saturated carbocycles. The molecule has 1 aromatic heterocycles. The Morgan fingerprint density at radius 1 is 0.931 bits per heavy atom. The van der Waals surface area contributed by atoms with E-state index < -0.39 is 53.4 Å². The standard InChI is InChI=1S/C54H78N6O11S/c1-10-16-49(66)71-44(31-43(34(3)4)59(9)52(68)41(35(5)11-2)30-45(62)54(7)24-15-25-58(54)8)51-57-42(33-72-51)50(67)56-39(27-36(6)53(69)70)28-37-18-20-38(21-19-37)29-40(61)32-55-46(63)17-13-12-14-26-60-47(64)22-23-48(60)65/h18-23,33-36,39,41,43-44H,10-17,24-32H2,1-9H3,(H,55,63)(H,56,67)(H,69,70)/t35-,36-,39+,41-,43+,44+,54+/m0/s1. The van der Waals surface area contributed by atoms with Crippen molar-refractivity contribution in [2.24, 2.45) is 23.7 Å². The first kappa shape index (κ1) is 58.9. The Hall–Kier alpha value is -5.62. The minimum absolute atomic E-state index is 0.0567. The van der Waals surface area contributed by atoms with Crippen molar-refractivity contribution in [2.75, 3.05) is 33.7 Å². The molecule has 0 bridgehead atoms. The van der Waals surface area contributed by atoms with E-state index in [1.54, 1.807) is 36.4 Å². The molecule has 1 aromatic carbocycles. The minimum Gasteiger partial charge on any atom is -0.481 e. The predicted octanol–water partition coefficient (Wildman–Crippen LogP) is 6.67. The fourth-order valence-electron chi connectivity index (χ4n) is 9.39. The molecule has 2 aliphatic rings. The van der Waals surface area contributed by atoms with Crippen LogP contribution in [0.25, 0.3) is 0 Å². The molecule has 0 aliphatic carbocycles. The number of likely N-dealkylation sites (tertiary alicyclic amines) is 1. The molecule has 1 fully saturated rings. The van der Waals surface area contributed by atoms with Gasteiger partial charge in [0.25, 0.3) is 17.7 Å². The zero-order valence-corrected chi connectivity index (χ0v) is 44.6. The summed E-state index contributed by atoms with van der Waals surface area (Å²) in [6.07, 6.45) is 7.46. The van der Waals surface area contributed by atoms with E-state index in [0.29, 0.717) is 49.2 Å². The normalized spacial score (nSPS) is 18.3. The number of carboxylic acid groups (broad SMARTS) is 1. The van der Waals surface area contributed by atoms with E-state index in [1.165, 1.54) is 12.2 Å². The molecule has 2 aromatic rings. The van der Waals surface area contributed by atoms with Gasteiger partial charge in [-0.25, -0.2) is 4.98 Å². The number of unbranched alkanes of at least 4 members (excludes halogenated alkanes) is 2. The maximum Gasteiger partial charge on any atom is 0.306 e. The fourth-order valence-corrected chi connectivity index (χ4v) is 10.2. The lowest BCUT2D eigenvalue weighted by Crippen LogP contribution is -2.50. The molecule has 3 N–H and O–H groups in total. The van der Waals surface area contributed by atoms with Crippen molar-refractivity contribution >= 4 is 64.4 Å². The van der Waals surface area contributed by atoms with Gasteiger partial charge in [0.15, 0.2) is 17.7 Å². The molecule has 1 saturated heterocycles. The number of amides is 5. The Morgan fingerprint density at radius 3 is 2.19 bits per heavy atom. The monoisotopic (exact) mass is 1020 g/mol. The summed E-state index contributed by atoms with van der Waals surface area (Å²) in [5.74, 6) is -4.67. The van der Waals surface area contributed by atoms with Crippen molar-refractivity contribution in [3.05, 3.63) is 63.6 Å². The molecule has 4 rings (SSSR count). The summed E-state index contributed by atoms with van der Waals surface area (Å²) in [5.41, 5.74) is 0.953. The van der Waals surface area contributed by atoms with Gasteiger partial charge in [0, 0.05) is 81.2 Å². The van der Waals surface area contributed by atoms with E-state index in [4.69, 9.17) is 4.74 Å². The van der Waals surface area contributed by atoms with Crippen LogP contribution in [0.1, 0.15) is 158 Å². The number of imide groups is 1. The molecule has 7 atom stereocenters. The number of rotatable bonds is 31. The molecule has 396 valence electrons. The second-order valence-electron chi connectivity index (χ2n) is 20.3. The zero-order valence-electron chi connectivity index (χ0n) is 43.8. The van der Waals surface area contributed by atoms with Gasteiger partial charge in [0.1, 0.15) is 10.7 Å². The highest BCUT2D eigenvalue weighted by Gasteiger charge is 2.44. The molecule has 0 radical (unpaired) electrons. The molecule has 5 amide bonds. The van der Waals surface area contributed by atoms with Crippen LogP contribution in [-0.4, -0.2) is 129 Å². The molecule has 3 heterocycles. The van der Waals surface area contributed by atoms with Crippen molar-refractivity contribution in [3.8, 4) is 0 Å². The number of ketones is 2. The zero-order chi connectivity index (χ0) is 53.3. The van der Waals surface area contributed by atoms with Crippen LogP contribution in [-0.2, 0) is 55.9 Å². The third-order valence-electron chi connectivity index (χ3n) is 14.5. The number of aromatic nitrogens is 1. The number of Topliss-reactive ketones (excluding diaryl/α,β-unsaturated/α-hetero) is 2. The molecular weight excluding hydrogens is 941 g/mol. The van der Waals surface area contributed by atoms with Gasteiger partial charge in [-0.05, 0) is 88.4 Å². The van der Waals surface area contributed by atoms with E-state index in [1.807, 2.05) is 60.7 Å². The predicted molar refractivity (Wildman–Crippen MR) is 274 cm³/mol. The van der Waals surface area contributed by atoms with Crippen molar-refractivity contribution < 1.29 is 53.0 Å². The number of nitrogens with one attached hydrogen (secondary N) is 2. The van der Waals surface area contributed by atoms with Gasteiger partial charge in [0.2, 0.25) is 11.8 Å². The van der Waals surface area contributed by atoms with Crippen molar-refractivity contribution in [2.45, 2.75) is 162 Å². The van der Waals surface area contributed by atoms with Crippen LogP contribution >= 0.6 is 11.3 Å². The summed E-state index contributed by atoms with van der Waals surface area (Å²) in [7, 11) is 3.70. The van der Waals surface area contributed by atoms with Crippen LogP contribution in [0.3, 0.4) is 0 Å². The number of carbonyl (C=O) groups is 9. The first-order chi connectivity index (χ1) is 34.1. The van der Waals surface area contributed by atoms with Crippen molar-refractivity contribution in [1.82, 2.24) is 30.3 Å². The third-order valence-corrected chi connectivity index (χ3v) is 15.4. The van der Waals surface area contributed by atoms with Gasteiger partial charge < -0.3 is 25.4 Å². The number of ether oxygens (including phenoxy) is 1. The van der Waals surface area contributed by atoms with E-state index in [-0.39, 0.29) is 104 Å². The number of carboxylic acids is 1. The number of benzene rings is 1. The topological polar surface area (TPSA) is 230 Å². The first-order valence-electron chi connectivity index (χ1n) is 25.7. The lowest BCUT2D eigenvalue weighted by atomic mass is 9.80. The number of esters is 1. The minimum atomic E-state index is -1.02. The van der Waals surface area contributed by atoms with Crippen molar-refractivity contribution in [1.29, 1.82) is 0 Å². The molecular formula is C54H78N6O11S. The summed E-state index contributed by atoms with van der Waals surface area (Å²) < 4.78 is 6.06. The van der Waals surface area contributed by atoms with Crippen LogP contribution in [0.5, 0.6) is 0 Å². The molecule has 17 nitrogen and oxygen atoms in total. The average molecular weight is 1020 g/mol. The Morgan fingerprint density at radius 2 is 1.60 bits per heavy atom. The Kier molecular flexibility index (Phi) is 22.9. The molecule has 0 unspecified atom stereocenters. The Balaban J connectivity index is 1.40. The van der Waals surface area contributed by atoms with Crippen molar-refractivity contribution in [3.63, 3.8) is 0 Å². The lowest BCUT2D eigenvalue weighted by molar-refractivity contribution is -0.152. The van der Waals surface area contributed by atoms with Gasteiger partial charge in [-0.15, -0.1) is 11.3 Å². The van der Waals surface area contributed by atoms with E-state index >= 15 is 0 Å². The summed E-state index contributed by atoms with van der Waals surface area (Å²) in [4.78, 5) is 125. The van der Waals surface area contributed by atoms with Gasteiger partial charge in [-0.1, -0.05) is 78.6 Å². The Labute approximate surface area is 429 Å². The second kappa shape index (κ2) is 28.0. The summed E-state index contributed by atoms with van der Waals surface area (Å²) in [6.45, 7) is 14.4. The summed E-state index contributed by atoms with van der Waals surface area (Å²) >= 11 is 1.16. The van der Waals surface area contributed by atoms with Crippen LogP contribution in [0, 0.1) is 23.7 Å². The maximum atomic E-state index is 14.5. The highest BCUT2D eigenvalue weighted by molar-refractivity contribution is 7.09. The number of aliphatic carboxylic acids is 1. The summed E-state index contributed by atoms with van der Waals surface area (Å²) in [5, 5.41) is 17.4. The van der Waals surface area contributed by atoms with Gasteiger partial charge in [-0.2, -0.15) is 0 Å². The maximum absolute atomic E-state index is 14.5. The summed E-state index contributed by atoms with van der Waals surface area (Å²) in [6, 6.07) is 6.14. The van der Waals surface area contributed by atoms with Crippen LogP contribution in [0.4, 0.5) is 0 Å². The quantitative estimate of drug-likeness (QED) is 0.0408. The van der Waals surface area contributed by atoms with E-state index in [0.717, 1.165) is 41.2 Å². The van der Waals surface area contributed by atoms with Crippen LogP contribution in [0.15, 0.2) is 41.8 Å². The average Bonchev–Trinajstić information content (AvgIpc) is 4.06. The number of likely N-dealkylation sites (N-methyl/N-ethyl adjacent to an activating group) is 1. The SMILES string of the molecule is CCCC(=O)O[C@H](C[C@H](C(C)C)N(C)C(=O)[C@@H](CC(=O)[C@@]1(C)CCCN1C)[C@@H](C)CC)c1nc(C(=O)N[C@@H](Cc2ccc(CC(=O)CNC(=O)CCCCCN3C(=O)C=CC3=O)cc2)C[C@H](C)C(=O)O)cs1. The highest BCUT2D eigenvalue weighted by atomic mass is 32.1. The smallest absolute Gasteiger partial charge is 0.306 e. The number of carbonyl (C=O) groups excluding carboxylic acids is 8. The van der Waals surface area contributed by atoms with Gasteiger partial charge >= 0.3 is 11.9 Å². The first-order valence-corrected chi connectivity index (χ1v) is 26.6. The molecule has 18 heteroatoms. The number of thiazole rings is 1. The Bertz CT molecular complexity index is 2240. The number of hydrogen-bond donors (Lipinski definition) is 3. The number of hydrogen-bond acceptors (Lipinski definition) is 13. The molecule has 2 aliphatic heterocycles. The van der Waals surface area contributed by atoms with E-state index in [9.17, 15) is 48.3 Å². The second-order valence-corrected chi connectivity index (χ2v) is 21.2. The number of nitrogens with zero attached hydrogens (tertiary/aromatic N) is 4.